The van der Waals surface area contributed by atoms with Gasteiger partial charge in [0.25, 0.3) is 0 Å². The van der Waals surface area contributed by atoms with Gasteiger partial charge in [-0.3, -0.25) is 0 Å². The largest absolute Gasteiger partial charge is 0.631 e. The van der Waals surface area contributed by atoms with Crippen LogP contribution in [0, 0.1) is 0 Å². The molecule has 0 saturated carbocycles. The van der Waals surface area contributed by atoms with Crippen LogP contribution < -0.4 is 0 Å². The third-order valence-corrected chi connectivity index (χ3v) is 0. The van der Waals surface area contributed by atoms with Gasteiger partial charge in [-0.15, -0.1) is 37.2 Å². The van der Waals surface area contributed by atoms with E-state index in [9.17, 15) is 0 Å². The lowest BCUT2D eigenvalue weighted by Crippen LogP contribution is -2.07. The van der Waals surface area contributed by atoms with Crippen molar-refractivity contribution >= 4 is 88.5 Å². The van der Waals surface area contributed by atoms with Crippen LogP contribution in [-0.4, -0.2) is 157 Å². The molecule has 0 aliphatic heterocycles. The van der Waals surface area contributed by atoms with E-state index in [2.05, 4.69) is 0 Å². The monoisotopic (exact) mass is 542 g/mol. The molecule has 0 fully saturated rings. The van der Waals surface area contributed by atoms with Crippen LogP contribution in [0.1, 0.15) is 0 Å². The fourth-order valence-corrected chi connectivity index (χ4v) is 0. The van der Waals surface area contributed by atoms with Crippen LogP contribution in [0.25, 0.3) is 0 Å². The van der Waals surface area contributed by atoms with Gasteiger partial charge in [0.1, 0.15) is 0 Å². The number of hydrogen-bond donors (Lipinski definition) is 21. The Morgan fingerprint density at radius 1 is 0.161 bits per heavy atom. The van der Waals surface area contributed by atoms with Gasteiger partial charge in [-0.05, 0) is 0 Å². The van der Waals surface area contributed by atoms with E-state index in [0.29, 0.717) is 0 Å². The van der Waals surface area contributed by atoms with Crippen molar-refractivity contribution in [1.29, 1.82) is 0 Å². The van der Waals surface area contributed by atoms with Crippen molar-refractivity contribution < 1.29 is 106 Å². The molecule has 0 spiro atoms. The van der Waals surface area contributed by atoms with Crippen molar-refractivity contribution in [3.05, 3.63) is 0 Å². The minimum atomic E-state index is -2.17. The maximum atomic E-state index is 7.17. The van der Waals surface area contributed by atoms with Gasteiger partial charge in [-0.1, -0.05) is 0 Å². The molecule has 0 aromatic heterocycles. The highest BCUT2D eigenvalue weighted by Crippen LogP contribution is 1.42. The highest BCUT2D eigenvalue weighted by atomic mass is 35.5. The van der Waals surface area contributed by atoms with E-state index in [4.69, 9.17) is 106 Å². The molecule has 0 aliphatic rings. The summed E-state index contributed by atoms with van der Waals surface area (Å²) in [6.07, 6.45) is 0. The molecule has 21 N–H and O–H groups in total. The van der Waals surface area contributed by atoms with Crippen LogP contribution in [0.4, 0.5) is 0 Å². The Labute approximate surface area is 194 Å². The molecule has 0 saturated heterocycles. The van der Waals surface area contributed by atoms with Gasteiger partial charge in [0.2, 0.25) is 0 Å². The normalized spacial score (nSPS) is 6.10. The minimum Gasteiger partial charge on any atom is -0.402 e. The quantitative estimate of drug-likeness (QED) is 0.126. The summed E-state index contributed by atoms with van der Waals surface area (Å²) in [6.45, 7) is 0. The van der Waals surface area contributed by atoms with E-state index in [0.717, 1.165) is 0 Å². The summed E-state index contributed by atoms with van der Waals surface area (Å²) >= 11 is 0. The Bertz CT molecular complexity index is 129. The Kier molecular flexibility index (Phi) is 117. The molecule has 0 unspecified atom stereocenters. The molecule has 192 valence electrons. The molecule has 0 bridgehead atoms. The Balaban J connectivity index is -0.0000000204. The summed E-state index contributed by atoms with van der Waals surface area (Å²) in [4.78, 5) is 0. The number of halogens is 3. The van der Waals surface area contributed by atoms with Crippen molar-refractivity contribution in [1.82, 2.24) is 0 Å². The maximum Gasteiger partial charge on any atom is 0.631 e. The summed E-state index contributed by atoms with van der Waals surface area (Å²) in [5.74, 6) is 0. The number of rotatable bonds is 0. The fraction of sp³-hybridized carbons (Fsp3) is 0. The average Bonchev–Trinajstić information content (AvgIpc) is 2.20. The molecule has 0 amide bonds. The van der Waals surface area contributed by atoms with Crippen LogP contribution >= 0.6 is 37.2 Å². The molecule has 0 heterocycles. The van der Waals surface area contributed by atoms with Gasteiger partial charge in [0.05, 0.1) is 0 Å². The van der Waals surface area contributed by atoms with Gasteiger partial charge >= 0.3 is 51.2 Å². The van der Waals surface area contributed by atoms with Crippen LogP contribution in [0.5, 0.6) is 0 Å². The van der Waals surface area contributed by atoms with Crippen LogP contribution in [0.15, 0.2) is 0 Å². The third-order valence-electron chi connectivity index (χ3n) is 0. The molecule has 0 rings (SSSR count). The second kappa shape index (κ2) is 57.4. The molecule has 0 atom stereocenters. The second-order valence-electron chi connectivity index (χ2n) is 2.42. The van der Waals surface area contributed by atoms with Gasteiger partial charge in [-0.2, -0.15) is 0 Å². The first kappa shape index (κ1) is 63.4. The molecular weight excluding hydrogens is 518 g/mol. The molecule has 0 aromatic carbocycles. The predicted octanol–water partition coefficient (Wildman–Crippen LogP) is -13.1. The highest BCUT2D eigenvalue weighted by molar-refractivity contribution is 6.32. The van der Waals surface area contributed by atoms with Crippen molar-refractivity contribution in [2.45, 2.75) is 0 Å². The first-order valence-corrected chi connectivity index (χ1v) is 5.42. The molecule has 31 heteroatoms. The lowest BCUT2D eigenvalue weighted by molar-refractivity contribution is 0.276. The fourth-order valence-electron chi connectivity index (χ4n) is 0. The zero-order chi connectivity index (χ0) is 25.0. The van der Waals surface area contributed by atoms with Crippen molar-refractivity contribution in [2.24, 2.45) is 0 Å². The maximum absolute atomic E-state index is 7.17. The minimum absolute atomic E-state index is 0. The number of hydrogen-bond acceptors (Lipinski definition) is 21. The lowest BCUT2D eigenvalue weighted by atomic mass is 10.3. The first-order valence-electron chi connectivity index (χ1n) is 5.42. The van der Waals surface area contributed by atoms with Gasteiger partial charge in [0.15, 0.2) is 0 Å². The van der Waals surface area contributed by atoms with E-state index >= 15 is 0 Å². The van der Waals surface area contributed by atoms with Crippen molar-refractivity contribution in [2.75, 3.05) is 0 Å². The summed E-state index contributed by atoms with van der Waals surface area (Å²) in [7, 11) is -15.2. The molecule has 0 aromatic rings. The molecular formula is H24B7Cl3O21. The van der Waals surface area contributed by atoms with E-state index in [-0.39, 0.29) is 37.2 Å². The van der Waals surface area contributed by atoms with E-state index in [1.807, 2.05) is 0 Å². The summed E-state index contributed by atoms with van der Waals surface area (Å²) in [5, 5.41) is 150. The van der Waals surface area contributed by atoms with Crippen molar-refractivity contribution in [3.8, 4) is 0 Å². The van der Waals surface area contributed by atoms with Gasteiger partial charge < -0.3 is 106 Å². The summed E-state index contributed by atoms with van der Waals surface area (Å²) in [5.41, 5.74) is 0. The lowest BCUT2D eigenvalue weighted by Gasteiger charge is -1.69. The van der Waals surface area contributed by atoms with E-state index < -0.39 is 51.2 Å². The topological polar surface area (TPSA) is 425 Å². The summed E-state index contributed by atoms with van der Waals surface area (Å²) in [6, 6.07) is 0. The van der Waals surface area contributed by atoms with Crippen LogP contribution in [0.3, 0.4) is 0 Å². The smallest absolute Gasteiger partial charge is 0.402 e. The zero-order valence-electron chi connectivity index (χ0n) is 14.7. The summed E-state index contributed by atoms with van der Waals surface area (Å²) < 4.78 is 0. The molecule has 31 heavy (non-hydrogen) atoms. The van der Waals surface area contributed by atoms with Crippen LogP contribution in [-0.2, 0) is 0 Å². The predicted molar refractivity (Wildman–Crippen MR) is 109 cm³/mol. The third kappa shape index (κ3) is 105000. The first-order chi connectivity index (χ1) is 12.1. The molecule has 0 aliphatic carbocycles. The Hall–Kier alpha value is 0.485. The molecule has 0 radical (unpaired) electrons. The van der Waals surface area contributed by atoms with Gasteiger partial charge in [0, 0.05) is 0 Å². The zero-order valence-corrected chi connectivity index (χ0v) is 17.1. The standard InChI is InChI=1S/7BH3O3.3ClH/c7*2-1(3)4;;;/h7*2-4H;3*1H. The molecule has 21 nitrogen and oxygen atoms in total. The van der Waals surface area contributed by atoms with Crippen molar-refractivity contribution in [3.63, 3.8) is 0 Å². The highest BCUT2D eigenvalue weighted by Gasteiger charge is 1.94. The Morgan fingerprint density at radius 3 is 0.161 bits per heavy atom. The second-order valence-corrected chi connectivity index (χ2v) is 2.42. The van der Waals surface area contributed by atoms with Crippen LogP contribution in [0.2, 0.25) is 0 Å². The SMILES string of the molecule is Cl.Cl.Cl.OB(O)O.OB(O)O.OB(O)O.OB(O)O.OB(O)O.OB(O)O.OB(O)O. The average molecular weight is 542 g/mol. The van der Waals surface area contributed by atoms with E-state index in [1.54, 1.807) is 0 Å². The van der Waals surface area contributed by atoms with Gasteiger partial charge in [-0.25, -0.2) is 0 Å². The Morgan fingerprint density at radius 2 is 0.161 bits per heavy atom. The van der Waals surface area contributed by atoms with E-state index in [1.165, 1.54) is 0 Å².